The molecule has 1 unspecified atom stereocenters. The number of nitrogens with one attached hydrogen (secondary N) is 2. The van der Waals surface area contributed by atoms with Crippen LogP contribution in [0.2, 0.25) is 0 Å². The first kappa shape index (κ1) is 15.9. The van der Waals surface area contributed by atoms with Gasteiger partial charge in [-0.1, -0.05) is 0 Å². The highest BCUT2D eigenvalue weighted by Gasteiger charge is 2.18. The molecule has 0 spiro atoms. The van der Waals surface area contributed by atoms with Crippen LogP contribution in [0.1, 0.15) is 22.3 Å². The number of rotatable bonds is 3. The second-order valence-corrected chi connectivity index (χ2v) is 4.65. The Kier molecular flexibility index (Phi) is 5.69. The first-order valence-electron chi connectivity index (χ1n) is 6.02. The Hall–Kier alpha value is -1.20. The minimum Gasteiger partial charge on any atom is -0.352 e. The highest BCUT2D eigenvalue weighted by molar-refractivity contribution is 5.94. The molecule has 0 aliphatic carbocycles. The zero-order chi connectivity index (χ0) is 13.1. The predicted octanol–water partition coefficient (Wildman–Crippen LogP) is 2.03. The molecule has 1 saturated heterocycles. The third-order valence-corrected chi connectivity index (χ3v) is 3.21. The van der Waals surface area contributed by atoms with Crippen molar-refractivity contribution in [2.75, 3.05) is 19.6 Å². The highest BCUT2D eigenvalue weighted by Crippen LogP contribution is 2.14. The minimum absolute atomic E-state index is 0. The molecule has 3 nitrogen and oxygen atoms in total. The zero-order valence-electron chi connectivity index (χ0n) is 10.6. The van der Waals surface area contributed by atoms with Gasteiger partial charge in [0.2, 0.25) is 0 Å². The summed E-state index contributed by atoms with van der Waals surface area (Å²) in [5, 5.41) is 5.88. The number of hydrogen-bond donors (Lipinski definition) is 2. The molecule has 1 aliphatic rings. The molecule has 1 amide bonds. The van der Waals surface area contributed by atoms with Crippen molar-refractivity contribution in [1.29, 1.82) is 0 Å². The van der Waals surface area contributed by atoms with Crippen LogP contribution in [-0.2, 0) is 0 Å². The van der Waals surface area contributed by atoms with Crippen LogP contribution in [0.15, 0.2) is 12.1 Å². The molecule has 106 valence electrons. The van der Waals surface area contributed by atoms with E-state index in [4.69, 9.17) is 0 Å². The van der Waals surface area contributed by atoms with Gasteiger partial charge in [-0.15, -0.1) is 12.4 Å². The number of carbonyl (C=O) groups excluding carboxylic acids is 1. The standard InChI is InChI=1S/C13H16F2N2O.ClH/c1-8-4-10(12(15)5-11(8)14)13(18)17-7-9-2-3-16-6-9;/h4-5,9,16H,2-3,6-7H2,1H3,(H,17,18);1H. The second kappa shape index (κ2) is 6.82. The van der Waals surface area contributed by atoms with E-state index in [0.29, 0.717) is 12.5 Å². The Balaban J connectivity index is 0.00000180. The lowest BCUT2D eigenvalue weighted by molar-refractivity contribution is 0.0944. The largest absolute Gasteiger partial charge is 0.352 e. The van der Waals surface area contributed by atoms with Crippen LogP contribution < -0.4 is 10.6 Å². The minimum atomic E-state index is -0.819. The van der Waals surface area contributed by atoms with Gasteiger partial charge in [0.15, 0.2) is 0 Å². The molecule has 2 N–H and O–H groups in total. The van der Waals surface area contributed by atoms with Crippen LogP contribution in [-0.4, -0.2) is 25.5 Å². The van der Waals surface area contributed by atoms with Crippen LogP contribution in [0.4, 0.5) is 8.78 Å². The topological polar surface area (TPSA) is 41.1 Å². The van der Waals surface area contributed by atoms with Crippen molar-refractivity contribution in [3.63, 3.8) is 0 Å². The van der Waals surface area contributed by atoms with Crippen LogP contribution in [0.25, 0.3) is 0 Å². The average Bonchev–Trinajstić information content (AvgIpc) is 2.84. The van der Waals surface area contributed by atoms with Gasteiger partial charge >= 0.3 is 0 Å². The second-order valence-electron chi connectivity index (χ2n) is 4.65. The van der Waals surface area contributed by atoms with E-state index in [1.54, 1.807) is 0 Å². The SMILES string of the molecule is Cc1cc(C(=O)NCC2CCNC2)c(F)cc1F.Cl. The molecule has 0 bridgehead atoms. The number of carbonyl (C=O) groups is 1. The smallest absolute Gasteiger partial charge is 0.254 e. The summed E-state index contributed by atoms with van der Waals surface area (Å²) in [6.45, 7) is 3.84. The van der Waals surface area contributed by atoms with E-state index < -0.39 is 17.5 Å². The Morgan fingerprint density at radius 3 is 2.79 bits per heavy atom. The number of aryl methyl sites for hydroxylation is 1. The van der Waals surface area contributed by atoms with Gasteiger partial charge in [0.1, 0.15) is 11.6 Å². The van der Waals surface area contributed by atoms with Crippen LogP contribution in [0.3, 0.4) is 0 Å². The van der Waals surface area contributed by atoms with Crippen LogP contribution in [0, 0.1) is 24.5 Å². The summed E-state index contributed by atoms with van der Waals surface area (Å²) in [7, 11) is 0. The molecule has 19 heavy (non-hydrogen) atoms. The van der Waals surface area contributed by atoms with E-state index in [9.17, 15) is 13.6 Å². The summed E-state index contributed by atoms with van der Waals surface area (Å²) in [5.41, 5.74) is 0.170. The molecule has 1 heterocycles. The number of halogens is 3. The molecule has 1 fully saturated rings. The first-order valence-corrected chi connectivity index (χ1v) is 6.02. The molecule has 6 heteroatoms. The van der Waals surface area contributed by atoms with E-state index in [2.05, 4.69) is 10.6 Å². The Bertz CT molecular complexity index is 462. The van der Waals surface area contributed by atoms with Gasteiger partial charge in [0.25, 0.3) is 5.91 Å². The summed E-state index contributed by atoms with van der Waals surface area (Å²) in [5.74, 6) is -1.55. The van der Waals surface area contributed by atoms with E-state index in [-0.39, 0.29) is 23.5 Å². The fourth-order valence-corrected chi connectivity index (χ4v) is 2.05. The van der Waals surface area contributed by atoms with Gasteiger partial charge in [0, 0.05) is 12.6 Å². The normalized spacial score (nSPS) is 17.9. The summed E-state index contributed by atoms with van der Waals surface area (Å²) >= 11 is 0. The quantitative estimate of drug-likeness (QED) is 0.894. The molecular formula is C13H17ClF2N2O. The van der Waals surface area contributed by atoms with Gasteiger partial charge in [0.05, 0.1) is 5.56 Å². The lowest BCUT2D eigenvalue weighted by Gasteiger charge is -2.11. The highest BCUT2D eigenvalue weighted by atomic mass is 35.5. The first-order chi connectivity index (χ1) is 8.58. The van der Waals surface area contributed by atoms with Gasteiger partial charge < -0.3 is 10.6 Å². The molecule has 1 atom stereocenters. The van der Waals surface area contributed by atoms with E-state index in [1.807, 2.05) is 0 Å². The summed E-state index contributed by atoms with van der Waals surface area (Å²) in [6, 6.07) is 1.99. The fraction of sp³-hybridized carbons (Fsp3) is 0.462. The van der Waals surface area contributed by atoms with Crippen molar-refractivity contribution in [2.24, 2.45) is 5.92 Å². The van der Waals surface area contributed by atoms with E-state index >= 15 is 0 Å². The van der Waals surface area contributed by atoms with E-state index in [1.165, 1.54) is 13.0 Å². The maximum absolute atomic E-state index is 13.5. The van der Waals surface area contributed by atoms with Gasteiger partial charge in [-0.2, -0.15) is 0 Å². The maximum atomic E-state index is 13.5. The third-order valence-electron chi connectivity index (χ3n) is 3.21. The molecule has 0 aromatic heterocycles. The van der Waals surface area contributed by atoms with Crippen LogP contribution >= 0.6 is 12.4 Å². The van der Waals surface area contributed by atoms with Crippen molar-refractivity contribution in [3.8, 4) is 0 Å². The van der Waals surface area contributed by atoms with Crippen molar-refractivity contribution in [1.82, 2.24) is 10.6 Å². The van der Waals surface area contributed by atoms with Gasteiger partial charge in [-0.25, -0.2) is 8.78 Å². The Labute approximate surface area is 117 Å². The molecule has 0 radical (unpaired) electrons. The molecule has 1 aromatic carbocycles. The lowest BCUT2D eigenvalue weighted by Crippen LogP contribution is -2.30. The summed E-state index contributed by atoms with van der Waals surface area (Å²) in [4.78, 5) is 11.8. The van der Waals surface area contributed by atoms with Crippen molar-refractivity contribution in [3.05, 3.63) is 34.9 Å². The molecule has 1 aliphatic heterocycles. The van der Waals surface area contributed by atoms with E-state index in [0.717, 1.165) is 25.6 Å². The van der Waals surface area contributed by atoms with Crippen LogP contribution in [0.5, 0.6) is 0 Å². The average molecular weight is 291 g/mol. The molecule has 1 aromatic rings. The monoisotopic (exact) mass is 290 g/mol. The van der Waals surface area contributed by atoms with Crippen molar-refractivity contribution < 1.29 is 13.6 Å². The zero-order valence-corrected chi connectivity index (χ0v) is 11.4. The fourth-order valence-electron chi connectivity index (χ4n) is 2.05. The molecular weight excluding hydrogens is 274 g/mol. The number of amides is 1. The lowest BCUT2D eigenvalue weighted by atomic mass is 10.1. The number of benzene rings is 1. The van der Waals surface area contributed by atoms with Gasteiger partial charge in [-0.3, -0.25) is 4.79 Å². The summed E-state index contributed by atoms with van der Waals surface area (Å²) in [6.07, 6.45) is 1.01. The number of hydrogen-bond acceptors (Lipinski definition) is 2. The Morgan fingerprint density at radius 1 is 1.42 bits per heavy atom. The predicted molar refractivity (Wildman–Crippen MR) is 71.7 cm³/mol. The maximum Gasteiger partial charge on any atom is 0.254 e. The molecule has 2 rings (SSSR count). The Morgan fingerprint density at radius 2 is 2.16 bits per heavy atom. The van der Waals surface area contributed by atoms with Crippen molar-refractivity contribution in [2.45, 2.75) is 13.3 Å². The summed E-state index contributed by atoms with van der Waals surface area (Å²) < 4.78 is 26.5. The third kappa shape index (κ3) is 3.88. The van der Waals surface area contributed by atoms with Crippen molar-refractivity contribution >= 4 is 18.3 Å². The van der Waals surface area contributed by atoms with Gasteiger partial charge in [-0.05, 0) is 44.0 Å². The molecule has 0 saturated carbocycles.